The highest BCUT2D eigenvalue weighted by Gasteiger charge is 2.20. The molecule has 3 rings (SSSR count). The van der Waals surface area contributed by atoms with Gasteiger partial charge in [-0.1, -0.05) is 0 Å². The molecule has 102 valence electrons. The lowest BCUT2D eigenvalue weighted by Crippen LogP contribution is -2.10. The van der Waals surface area contributed by atoms with Crippen LogP contribution in [0.3, 0.4) is 0 Å². The predicted octanol–water partition coefficient (Wildman–Crippen LogP) is 2.64. The average Bonchev–Trinajstić information content (AvgIpc) is 2.76. The Morgan fingerprint density at radius 3 is 2.95 bits per heavy atom. The van der Waals surface area contributed by atoms with Crippen molar-refractivity contribution < 1.29 is 0 Å². The molecule has 2 heterocycles. The van der Waals surface area contributed by atoms with Gasteiger partial charge in [-0.15, -0.1) is 11.3 Å². The molecule has 1 aliphatic rings. The van der Waals surface area contributed by atoms with Crippen molar-refractivity contribution in [3.63, 3.8) is 0 Å². The fraction of sp³-hybridized carbons (Fsp3) is 0.571. The Morgan fingerprint density at radius 1 is 1.26 bits per heavy atom. The molecule has 2 aromatic heterocycles. The predicted molar refractivity (Wildman–Crippen MR) is 81.0 cm³/mol. The number of hydrogen-bond donors (Lipinski definition) is 2. The van der Waals surface area contributed by atoms with Gasteiger partial charge in [-0.3, -0.25) is 0 Å². The molecule has 1 aliphatic carbocycles. The number of nitrogens with one attached hydrogen (secondary N) is 1. The van der Waals surface area contributed by atoms with Crippen LogP contribution >= 0.6 is 11.3 Å². The third-order valence-electron chi connectivity index (χ3n) is 3.60. The van der Waals surface area contributed by atoms with E-state index in [1.54, 1.807) is 0 Å². The van der Waals surface area contributed by atoms with Crippen LogP contribution in [-0.4, -0.2) is 23.1 Å². The van der Waals surface area contributed by atoms with E-state index in [4.69, 9.17) is 5.73 Å². The monoisotopic (exact) mass is 276 g/mol. The number of anilines is 1. The SMILES string of the molecule is Cc1nc(NCCCN)c2c3c(sc2n1)CCCC3. The maximum absolute atomic E-state index is 5.56. The minimum Gasteiger partial charge on any atom is -0.369 e. The number of aromatic nitrogens is 2. The van der Waals surface area contributed by atoms with Gasteiger partial charge < -0.3 is 11.1 Å². The van der Waals surface area contributed by atoms with E-state index >= 15 is 0 Å². The van der Waals surface area contributed by atoms with Crippen LogP contribution in [-0.2, 0) is 12.8 Å². The Balaban J connectivity index is 2.05. The van der Waals surface area contributed by atoms with Gasteiger partial charge in [-0.25, -0.2) is 9.97 Å². The number of fused-ring (bicyclic) bond motifs is 3. The van der Waals surface area contributed by atoms with Gasteiger partial charge >= 0.3 is 0 Å². The molecule has 19 heavy (non-hydrogen) atoms. The first-order valence-electron chi connectivity index (χ1n) is 7.02. The van der Waals surface area contributed by atoms with Crippen LogP contribution in [0.4, 0.5) is 5.82 Å². The second-order valence-electron chi connectivity index (χ2n) is 5.08. The van der Waals surface area contributed by atoms with E-state index in [1.807, 2.05) is 18.3 Å². The molecular formula is C14H20N4S. The summed E-state index contributed by atoms with van der Waals surface area (Å²) >= 11 is 1.85. The standard InChI is InChI=1S/C14H20N4S/c1-9-17-13(16-8-4-7-15)12-10-5-2-3-6-11(10)19-14(12)18-9/h2-8,15H2,1H3,(H,16,17,18). The molecule has 0 fully saturated rings. The van der Waals surface area contributed by atoms with E-state index in [9.17, 15) is 0 Å². The summed E-state index contributed by atoms with van der Waals surface area (Å²) < 4.78 is 0. The van der Waals surface area contributed by atoms with Gasteiger partial charge in [0.05, 0.1) is 5.39 Å². The van der Waals surface area contributed by atoms with Crippen molar-refractivity contribution in [2.45, 2.75) is 39.0 Å². The van der Waals surface area contributed by atoms with Crippen LogP contribution in [0.2, 0.25) is 0 Å². The van der Waals surface area contributed by atoms with Crippen molar-refractivity contribution in [2.24, 2.45) is 5.73 Å². The zero-order valence-electron chi connectivity index (χ0n) is 11.3. The van der Waals surface area contributed by atoms with Gasteiger partial charge in [0, 0.05) is 11.4 Å². The summed E-state index contributed by atoms with van der Waals surface area (Å²) in [5, 5.41) is 4.71. The maximum atomic E-state index is 5.56. The molecule has 0 radical (unpaired) electrons. The zero-order chi connectivity index (χ0) is 13.2. The maximum Gasteiger partial charge on any atom is 0.138 e. The van der Waals surface area contributed by atoms with Crippen LogP contribution in [0.25, 0.3) is 10.2 Å². The highest BCUT2D eigenvalue weighted by molar-refractivity contribution is 7.19. The van der Waals surface area contributed by atoms with E-state index in [2.05, 4.69) is 15.3 Å². The minimum absolute atomic E-state index is 0.710. The average molecular weight is 276 g/mol. The second kappa shape index (κ2) is 5.43. The van der Waals surface area contributed by atoms with Gasteiger partial charge in [0.1, 0.15) is 16.5 Å². The quantitative estimate of drug-likeness (QED) is 0.843. The third kappa shape index (κ3) is 2.44. The number of rotatable bonds is 4. The number of aryl methyl sites for hydroxylation is 3. The summed E-state index contributed by atoms with van der Waals surface area (Å²) in [4.78, 5) is 11.9. The van der Waals surface area contributed by atoms with Gasteiger partial charge in [0.15, 0.2) is 0 Å². The summed E-state index contributed by atoms with van der Waals surface area (Å²) in [6.45, 7) is 3.56. The molecule has 2 aromatic rings. The van der Waals surface area contributed by atoms with E-state index in [1.165, 1.54) is 41.5 Å². The molecule has 0 aliphatic heterocycles. The molecule has 0 unspecified atom stereocenters. The second-order valence-corrected chi connectivity index (χ2v) is 6.16. The summed E-state index contributed by atoms with van der Waals surface area (Å²) in [6.07, 6.45) is 5.94. The molecule has 0 bridgehead atoms. The van der Waals surface area contributed by atoms with Crippen molar-refractivity contribution in [3.8, 4) is 0 Å². The normalized spacial score (nSPS) is 14.6. The summed E-state index contributed by atoms with van der Waals surface area (Å²) in [7, 11) is 0. The van der Waals surface area contributed by atoms with Crippen LogP contribution in [0.1, 0.15) is 35.5 Å². The lowest BCUT2D eigenvalue weighted by molar-refractivity contribution is 0.700. The van der Waals surface area contributed by atoms with E-state index in [0.717, 1.165) is 29.4 Å². The number of nitrogens with zero attached hydrogens (tertiary/aromatic N) is 2. The molecule has 4 nitrogen and oxygen atoms in total. The Kier molecular flexibility index (Phi) is 3.66. The van der Waals surface area contributed by atoms with E-state index < -0.39 is 0 Å². The molecule has 5 heteroatoms. The first kappa shape index (κ1) is 12.8. The fourth-order valence-corrected chi connectivity index (χ4v) is 4.01. The summed E-state index contributed by atoms with van der Waals surface area (Å²) in [6, 6.07) is 0. The first-order valence-corrected chi connectivity index (χ1v) is 7.84. The smallest absolute Gasteiger partial charge is 0.138 e. The lowest BCUT2D eigenvalue weighted by Gasteiger charge is -2.12. The molecule has 0 atom stereocenters. The van der Waals surface area contributed by atoms with Gasteiger partial charge in [-0.2, -0.15) is 0 Å². The lowest BCUT2D eigenvalue weighted by atomic mass is 9.97. The highest BCUT2D eigenvalue weighted by atomic mass is 32.1. The van der Waals surface area contributed by atoms with Crippen molar-refractivity contribution in [3.05, 3.63) is 16.3 Å². The highest BCUT2D eigenvalue weighted by Crippen LogP contribution is 2.38. The van der Waals surface area contributed by atoms with Crippen molar-refractivity contribution in [2.75, 3.05) is 18.4 Å². The van der Waals surface area contributed by atoms with Crippen molar-refractivity contribution in [1.82, 2.24) is 9.97 Å². The molecule has 0 saturated carbocycles. The van der Waals surface area contributed by atoms with Crippen LogP contribution in [0.15, 0.2) is 0 Å². The largest absolute Gasteiger partial charge is 0.369 e. The molecule has 3 N–H and O–H groups in total. The number of nitrogens with two attached hydrogens (primary N) is 1. The van der Waals surface area contributed by atoms with Gasteiger partial charge in [0.25, 0.3) is 0 Å². The number of hydrogen-bond acceptors (Lipinski definition) is 5. The molecular weight excluding hydrogens is 256 g/mol. The minimum atomic E-state index is 0.710. The van der Waals surface area contributed by atoms with Crippen LogP contribution in [0, 0.1) is 6.92 Å². The summed E-state index contributed by atoms with van der Waals surface area (Å²) in [5.74, 6) is 1.86. The Bertz CT molecular complexity index is 591. The van der Waals surface area contributed by atoms with Crippen molar-refractivity contribution in [1.29, 1.82) is 0 Å². The third-order valence-corrected chi connectivity index (χ3v) is 4.79. The van der Waals surface area contributed by atoms with Crippen LogP contribution < -0.4 is 11.1 Å². The fourth-order valence-electron chi connectivity index (χ4n) is 2.70. The van der Waals surface area contributed by atoms with Crippen LogP contribution in [0.5, 0.6) is 0 Å². The zero-order valence-corrected chi connectivity index (χ0v) is 12.1. The Hall–Kier alpha value is -1.20. The van der Waals surface area contributed by atoms with Crippen molar-refractivity contribution >= 4 is 27.4 Å². The Labute approximate surface area is 117 Å². The Morgan fingerprint density at radius 2 is 2.11 bits per heavy atom. The number of thiophene rings is 1. The molecule has 0 spiro atoms. The molecule has 0 aromatic carbocycles. The topological polar surface area (TPSA) is 63.8 Å². The van der Waals surface area contributed by atoms with E-state index in [0.29, 0.717) is 6.54 Å². The molecule has 0 saturated heterocycles. The van der Waals surface area contributed by atoms with E-state index in [-0.39, 0.29) is 0 Å². The molecule has 0 amide bonds. The van der Waals surface area contributed by atoms with Gasteiger partial charge in [-0.05, 0) is 51.1 Å². The summed E-state index contributed by atoms with van der Waals surface area (Å²) in [5.41, 5.74) is 7.04. The van der Waals surface area contributed by atoms with Gasteiger partial charge in [0.2, 0.25) is 0 Å². The first-order chi connectivity index (χ1) is 9.29.